The molecule has 0 radical (unpaired) electrons. The number of hydrogen-bond acceptors (Lipinski definition) is 2. The van der Waals surface area contributed by atoms with Crippen molar-refractivity contribution in [2.45, 2.75) is 13.0 Å². The number of rotatable bonds is 1. The monoisotopic (exact) mass is 259 g/mol. The summed E-state index contributed by atoms with van der Waals surface area (Å²) in [4.78, 5) is 0. The summed E-state index contributed by atoms with van der Waals surface area (Å²) in [7, 11) is 0. The lowest BCUT2D eigenvalue weighted by Crippen LogP contribution is -2.27. The van der Waals surface area contributed by atoms with E-state index in [9.17, 15) is 0 Å². The number of anilines is 1. The Morgan fingerprint density at radius 2 is 1.83 bits per heavy atom. The van der Waals surface area contributed by atoms with Crippen LogP contribution < -0.4 is 10.1 Å². The molecule has 0 bridgehead atoms. The van der Waals surface area contributed by atoms with Crippen LogP contribution in [0.15, 0.2) is 42.5 Å². The van der Waals surface area contributed by atoms with E-state index in [2.05, 4.69) is 24.4 Å². The number of hydrogen-bond donors (Lipinski definition) is 1. The molecule has 1 atom stereocenters. The summed E-state index contributed by atoms with van der Waals surface area (Å²) >= 11 is 5.90. The van der Waals surface area contributed by atoms with E-state index in [1.54, 1.807) is 0 Å². The molecule has 2 nitrogen and oxygen atoms in total. The fraction of sp³-hybridized carbons (Fsp3) is 0.200. The lowest BCUT2D eigenvalue weighted by Gasteiger charge is -2.25. The summed E-state index contributed by atoms with van der Waals surface area (Å²) < 4.78 is 5.76. The van der Waals surface area contributed by atoms with Crippen molar-refractivity contribution >= 4 is 17.3 Å². The minimum atomic E-state index is 0.221. The number of benzene rings is 2. The molecule has 18 heavy (non-hydrogen) atoms. The molecule has 2 aromatic rings. The quantitative estimate of drug-likeness (QED) is 0.829. The molecule has 0 spiro atoms. The molecular formula is C15H14ClNO. The zero-order chi connectivity index (χ0) is 12.5. The number of fused-ring (bicyclic) bond motifs is 1. The summed E-state index contributed by atoms with van der Waals surface area (Å²) in [6.07, 6.45) is 0.221. The summed E-state index contributed by atoms with van der Waals surface area (Å²) in [6.45, 7) is 2.90. The van der Waals surface area contributed by atoms with Crippen LogP contribution >= 0.6 is 11.6 Å². The molecule has 92 valence electrons. The van der Waals surface area contributed by atoms with Gasteiger partial charge in [-0.05, 0) is 42.3 Å². The highest BCUT2D eigenvalue weighted by molar-refractivity contribution is 6.30. The van der Waals surface area contributed by atoms with Crippen molar-refractivity contribution in [2.24, 2.45) is 0 Å². The van der Waals surface area contributed by atoms with Gasteiger partial charge in [0, 0.05) is 5.02 Å². The molecular weight excluding hydrogens is 246 g/mol. The van der Waals surface area contributed by atoms with Gasteiger partial charge in [-0.25, -0.2) is 0 Å². The Labute approximate surface area is 112 Å². The highest BCUT2D eigenvalue weighted by Gasteiger charge is 2.15. The molecule has 0 fully saturated rings. The van der Waals surface area contributed by atoms with E-state index in [0.717, 1.165) is 34.1 Å². The molecule has 1 aliphatic heterocycles. The topological polar surface area (TPSA) is 21.3 Å². The first-order valence-corrected chi connectivity index (χ1v) is 6.41. The Morgan fingerprint density at radius 1 is 1.11 bits per heavy atom. The normalized spacial score (nSPS) is 17.6. The van der Waals surface area contributed by atoms with Gasteiger partial charge in [-0.1, -0.05) is 29.8 Å². The van der Waals surface area contributed by atoms with Gasteiger partial charge in [-0.2, -0.15) is 0 Å². The van der Waals surface area contributed by atoms with Crippen LogP contribution in [0, 0.1) is 0 Å². The number of nitrogens with one attached hydrogen (secondary N) is 1. The Kier molecular flexibility index (Phi) is 2.88. The lowest BCUT2D eigenvalue weighted by molar-refractivity contribution is 0.226. The van der Waals surface area contributed by atoms with Crippen molar-refractivity contribution in [3.63, 3.8) is 0 Å². The molecule has 3 heteroatoms. The average molecular weight is 260 g/mol. The molecule has 1 N–H and O–H groups in total. The van der Waals surface area contributed by atoms with Gasteiger partial charge in [0.15, 0.2) is 0 Å². The Hall–Kier alpha value is -1.67. The molecule has 0 aliphatic carbocycles. The zero-order valence-electron chi connectivity index (χ0n) is 10.1. The van der Waals surface area contributed by atoms with Crippen molar-refractivity contribution in [1.29, 1.82) is 0 Å². The van der Waals surface area contributed by atoms with Gasteiger partial charge >= 0.3 is 0 Å². The van der Waals surface area contributed by atoms with Crippen LogP contribution in [0.3, 0.4) is 0 Å². The Bertz CT molecular complexity index is 565. The predicted octanol–water partition coefficient (Wildman–Crippen LogP) is 4.20. The number of halogens is 1. The van der Waals surface area contributed by atoms with E-state index >= 15 is 0 Å². The van der Waals surface area contributed by atoms with E-state index in [1.165, 1.54) is 0 Å². The van der Waals surface area contributed by atoms with Crippen LogP contribution in [0.25, 0.3) is 11.1 Å². The van der Waals surface area contributed by atoms with Crippen molar-refractivity contribution in [3.8, 4) is 16.9 Å². The fourth-order valence-electron chi connectivity index (χ4n) is 2.10. The molecule has 1 unspecified atom stereocenters. The standard InChI is InChI=1S/C15H14ClNO/c1-10-9-17-14-8-12(4-7-15(14)18-10)11-2-5-13(16)6-3-11/h2-8,10,17H,9H2,1H3. The van der Waals surface area contributed by atoms with Crippen LogP contribution in [-0.4, -0.2) is 12.6 Å². The maximum atomic E-state index is 5.90. The second-order valence-electron chi connectivity index (χ2n) is 4.53. The Balaban J connectivity index is 1.97. The molecule has 2 aromatic carbocycles. The zero-order valence-corrected chi connectivity index (χ0v) is 10.9. The summed E-state index contributed by atoms with van der Waals surface area (Å²) in [5, 5.41) is 4.14. The van der Waals surface area contributed by atoms with Gasteiger partial charge in [0.05, 0.1) is 12.2 Å². The van der Waals surface area contributed by atoms with Crippen LogP contribution in [-0.2, 0) is 0 Å². The van der Waals surface area contributed by atoms with Gasteiger partial charge < -0.3 is 10.1 Å². The molecule has 1 heterocycles. The van der Waals surface area contributed by atoms with E-state index in [1.807, 2.05) is 30.3 Å². The fourth-order valence-corrected chi connectivity index (χ4v) is 2.23. The van der Waals surface area contributed by atoms with Gasteiger partial charge in [-0.15, -0.1) is 0 Å². The Morgan fingerprint density at radius 3 is 2.61 bits per heavy atom. The van der Waals surface area contributed by atoms with Crippen LogP contribution in [0.5, 0.6) is 5.75 Å². The molecule has 0 saturated carbocycles. The maximum Gasteiger partial charge on any atom is 0.142 e. The van der Waals surface area contributed by atoms with Gasteiger partial charge in [0.1, 0.15) is 11.9 Å². The number of ether oxygens (including phenoxy) is 1. The molecule has 0 aromatic heterocycles. The van der Waals surface area contributed by atoms with Crippen molar-refractivity contribution < 1.29 is 4.74 Å². The maximum absolute atomic E-state index is 5.90. The second kappa shape index (κ2) is 4.54. The van der Waals surface area contributed by atoms with Crippen LogP contribution in [0.1, 0.15) is 6.92 Å². The van der Waals surface area contributed by atoms with Crippen LogP contribution in [0.2, 0.25) is 5.02 Å². The van der Waals surface area contributed by atoms with E-state index < -0.39 is 0 Å². The van der Waals surface area contributed by atoms with Crippen molar-refractivity contribution in [2.75, 3.05) is 11.9 Å². The minimum absolute atomic E-state index is 0.221. The molecule has 3 rings (SSSR count). The summed E-state index contributed by atoms with van der Waals surface area (Å²) in [5.41, 5.74) is 3.37. The largest absolute Gasteiger partial charge is 0.487 e. The van der Waals surface area contributed by atoms with E-state index in [0.29, 0.717) is 0 Å². The van der Waals surface area contributed by atoms with Gasteiger partial charge in [0.25, 0.3) is 0 Å². The van der Waals surface area contributed by atoms with E-state index in [4.69, 9.17) is 16.3 Å². The highest BCUT2D eigenvalue weighted by atomic mass is 35.5. The summed E-state index contributed by atoms with van der Waals surface area (Å²) in [5.74, 6) is 0.923. The van der Waals surface area contributed by atoms with Crippen molar-refractivity contribution in [1.82, 2.24) is 0 Å². The predicted molar refractivity (Wildman–Crippen MR) is 75.5 cm³/mol. The van der Waals surface area contributed by atoms with Gasteiger partial charge in [0.2, 0.25) is 0 Å². The van der Waals surface area contributed by atoms with Crippen LogP contribution in [0.4, 0.5) is 5.69 Å². The molecule has 0 saturated heterocycles. The van der Waals surface area contributed by atoms with Gasteiger partial charge in [-0.3, -0.25) is 0 Å². The first-order chi connectivity index (χ1) is 8.72. The third kappa shape index (κ3) is 2.16. The average Bonchev–Trinajstić information content (AvgIpc) is 2.39. The third-order valence-corrected chi connectivity index (χ3v) is 3.32. The highest BCUT2D eigenvalue weighted by Crippen LogP contribution is 2.33. The summed E-state index contributed by atoms with van der Waals surface area (Å²) in [6, 6.07) is 14.1. The first-order valence-electron chi connectivity index (χ1n) is 6.03. The first kappa shape index (κ1) is 11.4. The minimum Gasteiger partial charge on any atom is -0.487 e. The molecule has 0 amide bonds. The third-order valence-electron chi connectivity index (χ3n) is 3.07. The lowest BCUT2D eigenvalue weighted by atomic mass is 10.0. The smallest absolute Gasteiger partial charge is 0.142 e. The second-order valence-corrected chi connectivity index (χ2v) is 4.96. The van der Waals surface area contributed by atoms with Crippen molar-refractivity contribution in [3.05, 3.63) is 47.5 Å². The SMILES string of the molecule is CC1CNc2cc(-c3ccc(Cl)cc3)ccc2O1. The van der Waals surface area contributed by atoms with E-state index in [-0.39, 0.29) is 6.10 Å². The molecule has 1 aliphatic rings.